The number of epoxide rings is 1. The van der Waals surface area contributed by atoms with Crippen molar-refractivity contribution >= 4 is 0 Å². The Bertz CT molecular complexity index is 125. The Morgan fingerprint density at radius 3 is 2.78 bits per heavy atom. The van der Waals surface area contributed by atoms with E-state index in [0.29, 0.717) is 6.10 Å². The molecule has 1 nitrogen and oxygen atoms in total. The monoisotopic (exact) mass is 124 g/mol. The minimum Gasteiger partial charge on any atom is -0.373 e. The molecular formula is C8H12O. The third-order valence-corrected chi connectivity index (χ3v) is 2.19. The van der Waals surface area contributed by atoms with Crippen molar-refractivity contribution in [3.05, 3.63) is 12.2 Å². The van der Waals surface area contributed by atoms with Crippen molar-refractivity contribution in [3.8, 4) is 0 Å². The molecule has 0 amide bonds. The van der Waals surface area contributed by atoms with Gasteiger partial charge in [-0.1, -0.05) is 12.2 Å². The number of hydrogen-bond donors (Lipinski definition) is 0. The first-order valence-electron chi connectivity index (χ1n) is 3.73. The molecule has 1 fully saturated rings. The first-order valence-corrected chi connectivity index (χ1v) is 3.73. The maximum absolute atomic E-state index is 5.21. The molecule has 0 aromatic carbocycles. The van der Waals surface area contributed by atoms with Crippen molar-refractivity contribution in [2.45, 2.75) is 25.4 Å². The van der Waals surface area contributed by atoms with Crippen molar-refractivity contribution in [1.82, 2.24) is 0 Å². The topological polar surface area (TPSA) is 12.5 Å². The van der Waals surface area contributed by atoms with Crippen LogP contribution in [0.1, 0.15) is 19.3 Å². The van der Waals surface area contributed by atoms with E-state index in [1.165, 1.54) is 19.3 Å². The summed E-state index contributed by atoms with van der Waals surface area (Å²) in [6, 6.07) is 0. The van der Waals surface area contributed by atoms with Crippen LogP contribution in [-0.2, 0) is 4.74 Å². The zero-order chi connectivity index (χ0) is 6.10. The lowest BCUT2D eigenvalue weighted by molar-refractivity contribution is 0.313. The molecule has 0 radical (unpaired) electrons. The van der Waals surface area contributed by atoms with Crippen LogP contribution in [0.5, 0.6) is 0 Å². The van der Waals surface area contributed by atoms with Crippen molar-refractivity contribution in [2.75, 3.05) is 6.61 Å². The van der Waals surface area contributed by atoms with Gasteiger partial charge in [0, 0.05) is 0 Å². The van der Waals surface area contributed by atoms with E-state index in [1.807, 2.05) is 0 Å². The molecule has 1 heteroatoms. The van der Waals surface area contributed by atoms with E-state index in [1.54, 1.807) is 0 Å². The zero-order valence-corrected chi connectivity index (χ0v) is 5.55. The summed E-state index contributed by atoms with van der Waals surface area (Å²) in [5.41, 5.74) is 0. The van der Waals surface area contributed by atoms with Crippen LogP contribution in [0.15, 0.2) is 12.2 Å². The fourth-order valence-corrected chi connectivity index (χ4v) is 1.48. The van der Waals surface area contributed by atoms with E-state index >= 15 is 0 Å². The van der Waals surface area contributed by atoms with Crippen LogP contribution in [0, 0.1) is 5.92 Å². The van der Waals surface area contributed by atoms with Crippen LogP contribution >= 0.6 is 0 Å². The Morgan fingerprint density at radius 1 is 1.33 bits per heavy atom. The third kappa shape index (κ3) is 1.16. The van der Waals surface area contributed by atoms with Crippen molar-refractivity contribution in [3.63, 3.8) is 0 Å². The third-order valence-electron chi connectivity index (χ3n) is 2.19. The Kier molecular flexibility index (Phi) is 1.31. The molecule has 0 aromatic heterocycles. The van der Waals surface area contributed by atoms with Crippen molar-refractivity contribution in [2.24, 2.45) is 5.92 Å². The molecule has 0 spiro atoms. The van der Waals surface area contributed by atoms with E-state index in [4.69, 9.17) is 4.74 Å². The predicted octanol–water partition coefficient (Wildman–Crippen LogP) is 1.74. The highest BCUT2D eigenvalue weighted by atomic mass is 16.6. The molecule has 0 aromatic rings. The van der Waals surface area contributed by atoms with Gasteiger partial charge in [0.1, 0.15) is 0 Å². The van der Waals surface area contributed by atoms with Crippen LogP contribution in [-0.4, -0.2) is 12.7 Å². The Balaban J connectivity index is 1.89. The van der Waals surface area contributed by atoms with Gasteiger partial charge in [0.05, 0.1) is 12.7 Å². The van der Waals surface area contributed by atoms with Gasteiger partial charge in [-0.2, -0.15) is 0 Å². The molecule has 2 rings (SSSR count). The van der Waals surface area contributed by atoms with E-state index < -0.39 is 0 Å². The SMILES string of the molecule is C1=CCC(C2CO2)CC1. The number of rotatable bonds is 1. The van der Waals surface area contributed by atoms with E-state index in [-0.39, 0.29) is 0 Å². The van der Waals surface area contributed by atoms with Crippen molar-refractivity contribution in [1.29, 1.82) is 0 Å². The molecule has 2 unspecified atom stereocenters. The Hall–Kier alpha value is -0.300. The van der Waals surface area contributed by atoms with Gasteiger partial charge < -0.3 is 4.74 Å². The average Bonchev–Trinajstić information content (AvgIpc) is 2.71. The van der Waals surface area contributed by atoms with E-state index in [2.05, 4.69) is 12.2 Å². The summed E-state index contributed by atoms with van der Waals surface area (Å²) >= 11 is 0. The fraction of sp³-hybridized carbons (Fsp3) is 0.750. The van der Waals surface area contributed by atoms with Crippen LogP contribution in [0.3, 0.4) is 0 Å². The summed E-state index contributed by atoms with van der Waals surface area (Å²) < 4.78 is 5.21. The molecule has 50 valence electrons. The van der Waals surface area contributed by atoms with Gasteiger partial charge in [-0.15, -0.1) is 0 Å². The molecule has 1 aliphatic carbocycles. The summed E-state index contributed by atoms with van der Waals surface area (Å²) in [4.78, 5) is 0. The fourth-order valence-electron chi connectivity index (χ4n) is 1.48. The molecular weight excluding hydrogens is 112 g/mol. The Labute approximate surface area is 55.7 Å². The van der Waals surface area contributed by atoms with E-state index in [0.717, 1.165) is 12.5 Å². The quantitative estimate of drug-likeness (QED) is 0.383. The maximum Gasteiger partial charge on any atom is 0.0841 e. The summed E-state index contributed by atoms with van der Waals surface area (Å²) in [5, 5.41) is 0. The lowest BCUT2D eigenvalue weighted by Crippen LogP contribution is -2.08. The molecule has 9 heavy (non-hydrogen) atoms. The molecule has 1 heterocycles. The van der Waals surface area contributed by atoms with Gasteiger partial charge >= 0.3 is 0 Å². The lowest BCUT2D eigenvalue weighted by atomic mass is 9.92. The maximum atomic E-state index is 5.21. The lowest BCUT2D eigenvalue weighted by Gasteiger charge is -2.13. The Morgan fingerprint density at radius 2 is 2.22 bits per heavy atom. The molecule has 2 atom stereocenters. The predicted molar refractivity (Wildman–Crippen MR) is 36.2 cm³/mol. The van der Waals surface area contributed by atoms with Gasteiger partial charge in [0.15, 0.2) is 0 Å². The zero-order valence-electron chi connectivity index (χ0n) is 5.55. The van der Waals surface area contributed by atoms with E-state index in [9.17, 15) is 0 Å². The first kappa shape index (κ1) is 5.48. The highest BCUT2D eigenvalue weighted by Crippen LogP contribution is 2.29. The number of hydrogen-bond acceptors (Lipinski definition) is 1. The van der Waals surface area contributed by atoms with Crippen LogP contribution < -0.4 is 0 Å². The van der Waals surface area contributed by atoms with Gasteiger partial charge in [-0.25, -0.2) is 0 Å². The van der Waals surface area contributed by atoms with Gasteiger partial charge in [-0.3, -0.25) is 0 Å². The molecule has 0 saturated carbocycles. The molecule has 0 bridgehead atoms. The summed E-state index contributed by atoms with van der Waals surface area (Å²) in [6.45, 7) is 1.03. The second kappa shape index (κ2) is 2.14. The van der Waals surface area contributed by atoms with Crippen molar-refractivity contribution < 1.29 is 4.74 Å². The van der Waals surface area contributed by atoms with Gasteiger partial charge in [0.2, 0.25) is 0 Å². The van der Waals surface area contributed by atoms with Gasteiger partial charge in [0.25, 0.3) is 0 Å². The summed E-state index contributed by atoms with van der Waals surface area (Å²) in [6.07, 6.45) is 9.07. The highest BCUT2D eigenvalue weighted by Gasteiger charge is 2.31. The summed E-state index contributed by atoms with van der Waals surface area (Å²) in [5.74, 6) is 0.856. The first-order chi connectivity index (χ1) is 4.47. The number of allylic oxidation sites excluding steroid dienone is 2. The van der Waals surface area contributed by atoms with Crippen LogP contribution in [0.2, 0.25) is 0 Å². The summed E-state index contributed by atoms with van der Waals surface area (Å²) in [7, 11) is 0. The molecule has 1 aliphatic heterocycles. The second-order valence-electron chi connectivity index (χ2n) is 2.92. The largest absolute Gasteiger partial charge is 0.373 e. The van der Waals surface area contributed by atoms with Crippen LogP contribution in [0.25, 0.3) is 0 Å². The highest BCUT2D eigenvalue weighted by molar-refractivity contribution is 4.94. The molecule has 2 aliphatic rings. The minimum absolute atomic E-state index is 0.634. The van der Waals surface area contributed by atoms with Crippen LogP contribution in [0.4, 0.5) is 0 Å². The number of ether oxygens (including phenoxy) is 1. The second-order valence-corrected chi connectivity index (χ2v) is 2.92. The minimum atomic E-state index is 0.634. The smallest absolute Gasteiger partial charge is 0.0841 e. The standard InChI is InChI=1S/C8H12O/c1-2-4-7(5-3-1)8-6-9-8/h1-2,7-8H,3-6H2. The van der Waals surface area contributed by atoms with Gasteiger partial charge in [-0.05, 0) is 25.2 Å². The normalized spacial score (nSPS) is 40.9. The molecule has 1 saturated heterocycles. The molecule has 0 N–H and O–H groups in total. The average molecular weight is 124 g/mol.